The zero-order chi connectivity index (χ0) is 17.9. The van der Waals surface area contributed by atoms with Crippen molar-refractivity contribution in [3.63, 3.8) is 0 Å². The number of rotatable bonds is 4. The first-order chi connectivity index (χ1) is 11.2. The summed E-state index contributed by atoms with van der Waals surface area (Å²) >= 11 is 0. The first-order valence-electron chi connectivity index (χ1n) is 8.32. The Balaban J connectivity index is 2.02. The number of benzene rings is 2. The van der Waals surface area contributed by atoms with Gasteiger partial charge in [0, 0.05) is 5.69 Å². The zero-order valence-corrected chi connectivity index (χ0v) is 15.4. The molecule has 0 aromatic heterocycles. The topological polar surface area (TPSA) is 38.3 Å². The summed E-state index contributed by atoms with van der Waals surface area (Å²) in [6.45, 7) is 12.3. The predicted molar refractivity (Wildman–Crippen MR) is 99.8 cm³/mol. The standard InChI is InChI=1S/C21H27NO2/c1-14-7-8-15(2)19(13-14)22-20(23)16(3)24-18-11-9-17(10-12-18)21(4,5)6/h7-13,16H,1-6H3,(H,22,23)/t16-/m0/s1. The molecular weight excluding hydrogens is 298 g/mol. The first-order valence-corrected chi connectivity index (χ1v) is 8.32. The van der Waals surface area contributed by atoms with E-state index in [1.54, 1.807) is 6.92 Å². The van der Waals surface area contributed by atoms with E-state index in [4.69, 9.17) is 4.74 Å². The van der Waals surface area contributed by atoms with Crippen LogP contribution in [0.15, 0.2) is 42.5 Å². The second-order valence-corrected chi connectivity index (χ2v) is 7.34. The van der Waals surface area contributed by atoms with Gasteiger partial charge in [-0.15, -0.1) is 0 Å². The monoisotopic (exact) mass is 325 g/mol. The maximum absolute atomic E-state index is 12.4. The van der Waals surface area contributed by atoms with Crippen LogP contribution in [0.5, 0.6) is 5.75 Å². The van der Waals surface area contributed by atoms with Gasteiger partial charge < -0.3 is 10.1 Å². The van der Waals surface area contributed by atoms with Crippen LogP contribution in [0.2, 0.25) is 0 Å². The van der Waals surface area contributed by atoms with Crippen molar-refractivity contribution in [3.8, 4) is 5.75 Å². The molecule has 0 spiro atoms. The van der Waals surface area contributed by atoms with Gasteiger partial charge in [0.25, 0.3) is 5.91 Å². The van der Waals surface area contributed by atoms with E-state index in [9.17, 15) is 4.79 Å². The molecule has 0 heterocycles. The normalized spacial score (nSPS) is 12.6. The van der Waals surface area contributed by atoms with Crippen LogP contribution in [-0.2, 0) is 10.2 Å². The summed E-state index contributed by atoms with van der Waals surface area (Å²) in [6.07, 6.45) is -0.564. The molecule has 0 bridgehead atoms. The molecule has 1 atom stereocenters. The molecule has 0 fully saturated rings. The average Bonchev–Trinajstić information content (AvgIpc) is 2.50. The van der Waals surface area contributed by atoms with E-state index < -0.39 is 6.10 Å². The zero-order valence-electron chi connectivity index (χ0n) is 15.4. The average molecular weight is 325 g/mol. The summed E-state index contributed by atoms with van der Waals surface area (Å²) in [5, 5.41) is 2.94. The number of anilines is 1. The maximum Gasteiger partial charge on any atom is 0.265 e. The lowest BCUT2D eigenvalue weighted by Gasteiger charge is -2.20. The van der Waals surface area contributed by atoms with Crippen LogP contribution < -0.4 is 10.1 Å². The van der Waals surface area contributed by atoms with E-state index in [0.717, 1.165) is 16.8 Å². The van der Waals surface area contributed by atoms with Gasteiger partial charge in [0.1, 0.15) is 5.75 Å². The van der Waals surface area contributed by atoms with Gasteiger partial charge in [-0.05, 0) is 61.1 Å². The largest absolute Gasteiger partial charge is 0.481 e. The van der Waals surface area contributed by atoms with Crippen LogP contribution in [0.1, 0.15) is 44.4 Å². The van der Waals surface area contributed by atoms with Crippen LogP contribution >= 0.6 is 0 Å². The lowest BCUT2D eigenvalue weighted by Crippen LogP contribution is -2.30. The van der Waals surface area contributed by atoms with Crippen molar-refractivity contribution in [2.24, 2.45) is 0 Å². The molecule has 0 aliphatic rings. The Morgan fingerprint density at radius 2 is 1.67 bits per heavy atom. The van der Waals surface area contributed by atoms with Crippen molar-refractivity contribution in [3.05, 3.63) is 59.2 Å². The number of amides is 1. The van der Waals surface area contributed by atoms with Crippen molar-refractivity contribution >= 4 is 11.6 Å². The molecule has 0 aliphatic heterocycles. The summed E-state index contributed by atoms with van der Waals surface area (Å²) < 4.78 is 5.77. The molecule has 0 aliphatic carbocycles. The predicted octanol–water partition coefficient (Wildman–Crippen LogP) is 5.01. The van der Waals surface area contributed by atoms with Crippen molar-refractivity contribution < 1.29 is 9.53 Å². The highest BCUT2D eigenvalue weighted by molar-refractivity contribution is 5.94. The van der Waals surface area contributed by atoms with E-state index in [-0.39, 0.29) is 11.3 Å². The number of hydrogen-bond donors (Lipinski definition) is 1. The molecule has 2 rings (SSSR count). The highest BCUT2D eigenvalue weighted by Crippen LogP contribution is 2.25. The van der Waals surface area contributed by atoms with Crippen LogP contribution in [-0.4, -0.2) is 12.0 Å². The second kappa shape index (κ2) is 7.08. The SMILES string of the molecule is Cc1ccc(C)c(NC(=O)[C@H](C)Oc2ccc(C(C)(C)C)cc2)c1. The molecule has 0 saturated carbocycles. The molecule has 0 radical (unpaired) electrons. The first kappa shape index (κ1) is 18.1. The Kier molecular flexibility index (Phi) is 5.33. The van der Waals surface area contributed by atoms with E-state index in [1.807, 2.05) is 56.3 Å². The number of hydrogen-bond acceptors (Lipinski definition) is 2. The van der Waals surface area contributed by atoms with Gasteiger partial charge in [-0.1, -0.05) is 45.0 Å². The van der Waals surface area contributed by atoms with Gasteiger partial charge >= 0.3 is 0 Å². The van der Waals surface area contributed by atoms with Crippen LogP contribution in [0.4, 0.5) is 5.69 Å². The van der Waals surface area contributed by atoms with Crippen molar-refractivity contribution in [1.82, 2.24) is 0 Å². The molecule has 1 amide bonds. The van der Waals surface area contributed by atoms with E-state index in [1.165, 1.54) is 5.56 Å². The fraction of sp³-hybridized carbons (Fsp3) is 0.381. The van der Waals surface area contributed by atoms with E-state index in [0.29, 0.717) is 5.75 Å². The molecule has 2 aromatic rings. The molecule has 24 heavy (non-hydrogen) atoms. The third kappa shape index (κ3) is 4.60. The Morgan fingerprint density at radius 3 is 2.25 bits per heavy atom. The summed E-state index contributed by atoms with van der Waals surface area (Å²) in [4.78, 5) is 12.4. The highest BCUT2D eigenvalue weighted by Gasteiger charge is 2.17. The van der Waals surface area contributed by atoms with Crippen molar-refractivity contribution in [2.75, 3.05) is 5.32 Å². The Hall–Kier alpha value is -2.29. The van der Waals surface area contributed by atoms with Crippen LogP contribution in [0.3, 0.4) is 0 Å². The molecular formula is C21H27NO2. The van der Waals surface area contributed by atoms with E-state index >= 15 is 0 Å². The fourth-order valence-electron chi connectivity index (χ4n) is 2.40. The van der Waals surface area contributed by atoms with Crippen LogP contribution in [0, 0.1) is 13.8 Å². The molecule has 128 valence electrons. The molecule has 3 nitrogen and oxygen atoms in total. The summed E-state index contributed by atoms with van der Waals surface area (Å²) in [6, 6.07) is 13.9. The van der Waals surface area contributed by atoms with Crippen molar-refractivity contribution in [2.45, 2.75) is 53.1 Å². The smallest absolute Gasteiger partial charge is 0.265 e. The number of aryl methyl sites for hydroxylation is 2. The quantitative estimate of drug-likeness (QED) is 0.858. The molecule has 2 aromatic carbocycles. The Bertz CT molecular complexity index is 712. The third-order valence-corrected chi connectivity index (χ3v) is 4.05. The number of carbonyl (C=O) groups excluding carboxylic acids is 1. The van der Waals surface area contributed by atoms with Crippen molar-refractivity contribution in [1.29, 1.82) is 0 Å². The lowest BCUT2D eigenvalue weighted by atomic mass is 9.87. The van der Waals surface area contributed by atoms with Crippen LogP contribution in [0.25, 0.3) is 0 Å². The number of ether oxygens (including phenoxy) is 1. The second-order valence-electron chi connectivity index (χ2n) is 7.34. The minimum atomic E-state index is -0.564. The Morgan fingerprint density at radius 1 is 1.04 bits per heavy atom. The summed E-state index contributed by atoms with van der Waals surface area (Å²) in [7, 11) is 0. The number of nitrogens with one attached hydrogen (secondary N) is 1. The van der Waals surface area contributed by atoms with Gasteiger partial charge in [0.2, 0.25) is 0 Å². The van der Waals surface area contributed by atoms with Gasteiger partial charge in [-0.3, -0.25) is 4.79 Å². The Labute approximate surface area is 145 Å². The minimum absolute atomic E-state index is 0.101. The molecule has 3 heteroatoms. The van der Waals surface area contributed by atoms with Gasteiger partial charge in [0.15, 0.2) is 6.10 Å². The summed E-state index contributed by atoms with van der Waals surface area (Å²) in [5.41, 5.74) is 4.32. The highest BCUT2D eigenvalue weighted by atomic mass is 16.5. The van der Waals surface area contributed by atoms with Gasteiger partial charge in [-0.25, -0.2) is 0 Å². The lowest BCUT2D eigenvalue weighted by molar-refractivity contribution is -0.122. The molecule has 1 N–H and O–H groups in total. The summed E-state index contributed by atoms with van der Waals surface area (Å²) in [5.74, 6) is 0.551. The van der Waals surface area contributed by atoms with E-state index in [2.05, 4.69) is 26.1 Å². The maximum atomic E-state index is 12.4. The van der Waals surface area contributed by atoms with Gasteiger partial charge in [0.05, 0.1) is 0 Å². The minimum Gasteiger partial charge on any atom is -0.481 e. The third-order valence-electron chi connectivity index (χ3n) is 4.05. The molecule has 0 saturated heterocycles. The fourth-order valence-corrected chi connectivity index (χ4v) is 2.40. The van der Waals surface area contributed by atoms with Gasteiger partial charge in [-0.2, -0.15) is 0 Å². The molecule has 0 unspecified atom stereocenters. The number of carbonyl (C=O) groups is 1.